The van der Waals surface area contributed by atoms with Gasteiger partial charge < -0.3 is 14.8 Å². The number of aromatic nitrogens is 3. The van der Waals surface area contributed by atoms with Crippen molar-refractivity contribution in [3.63, 3.8) is 0 Å². The molecule has 0 aliphatic heterocycles. The zero-order valence-electron chi connectivity index (χ0n) is 12.7. The lowest BCUT2D eigenvalue weighted by Gasteiger charge is -2.06. The molecule has 7 heteroatoms. The van der Waals surface area contributed by atoms with Gasteiger partial charge in [0.2, 0.25) is 5.91 Å². The van der Waals surface area contributed by atoms with Gasteiger partial charge in [-0.1, -0.05) is 5.16 Å². The number of aryl methyl sites for hydroxylation is 3. The molecule has 0 bridgehead atoms. The normalized spacial score (nSPS) is 10.9. The van der Waals surface area contributed by atoms with Crippen molar-refractivity contribution in [2.75, 3.05) is 0 Å². The van der Waals surface area contributed by atoms with Crippen LogP contribution in [0.2, 0.25) is 0 Å². The Kier molecular flexibility index (Phi) is 4.30. The molecule has 0 unspecified atom stereocenters. The summed E-state index contributed by atoms with van der Waals surface area (Å²) in [4.78, 5) is 26.3. The van der Waals surface area contributed by atoms with E-state index in [-0.39, 0.29) is 18.0 Å². The minimum atomic E-state index is -0.177. The molecule has 2 aromatic heterocycles. The number of rotatable bonds is 5. The van der Waals surface area contributed by atoms with Crippen LogP contribution in [0.25, 0.3) is 0 Å². The van der Waals surface area contributed by atoms with Gasteiger partial charge in [-0.2, -0.15) is 0 Å². The first-order chi connectivity index (χ1) is 9.90. The summed E-state index contributed by atoms with van der Waals surface area (Å²) in [5.74, 6) is 0.598. The lowest BCUT2D eigenvalue weighted by Crippen LogP contribution is -2.27. The Morgan fingerprint density at radius 2 is 2.05 bits per heavy atom. The zero-order chi connectivity index (χ0) is 15.6. The first kappa shape index (κ1) is 15.1. The van der Waals surface area contributed by atoms with E-state index in [9.17, 15) is 9.59 Å². The van der Waals surface area contributed by atoms with Crippen molar-refractivity contribution < 1.29 is 9.32 Å². The molecule has 7 nitrogen and oxygen atoms in total. The third-order valence-corrected chi connectivity index (χ3v) is 3.69. The van der Waals surface area contributed by atoms with E-state index in [0.717, 1.165) is 22.6 Å². The van der Waals surface area contributed by atoms with E-state index in [4.69, 9.17) is 4.52 Å². The predicted octanol–water partition coefficient (Wildman–Crippen LogP) is 1.10. The summed E-state index contributed by atoms with van der Waals surface area (Å²) in [6, 6.07) is 0. The monoisotopic (exact) mass is 292 g/mol. The Labute approximate surface area is 122 Å². The number of nitrogens with zero attached hydrogens (tertiary/aromatic N) is 2. The summed E-state index contributed by atoms with van der Waals surface area (Å²) >= 11 is 0. The number of hydrogen-bond acceptors (Lipinski definition) is 4. The Balaban J connectivity index is 1.90. The SMILES string of the molecule is Cc1noc(C)c1CNC(=O)CCn1c(C)c(C)[nH]c1=O. The van der Waals surface area contributed by atoms with Crippen molar-refractivity contribution in [2.45, 2.75) is 47.2 Å². The van der Waals surface area contributed by atoms with Crippen LogP contribution in [0.15, 0.2) is 9.32 Å². The standard InChI is InChI=1S/C14H20N4O3/c1-8-10(3)18(14(20)16-8)6-5-13(19)15-7-12-9(2)17-21-11(12)4/h5-7H2,1-4H3,(H,15,19)(H,16,20). The van der Waals surface area contributed by atoms with Gasteiger partial charge in [-0.15, -0.1) is 0 Å². The van der Waals surface area contributed by atoms with Crippen molar-refractivity contribution in [1.82, 2.24) is 20.0 Å². The van der Waals surface area contributed by atoms with Gasteiger partial charge >= 0.3 is 5.69 Å². The van der Waals surface area contributed by atoms with Crippen molar-refractivity contribution in [2.24, 2.45) is 0 Å². The van der Waals surface area contributed by atoms with Gasteiger partial charge in [0.25, 0.3) is 0 Å². The number of hydrogen-bond donors (Lipinski definition) is 2. The summed E-state index contributed by atoms with van der Waals surface area (Å²) < 4.78 is 6.61. The Hall–Kier alpha value is -2.31. The van der Waals surface area contributed by atoms with Gasteiger partial charge in [-0.3, -0.25) is 9.36 Å². The minimum Gasteiger partial charge on any atom is -0.361 e. The predicted molar refractivity (Wildman–Crippen MR) is 77.0 cm³/mol. The van der Waals surface area contributed by atoms with Crippen molar-refractivity contribution in [1.29, 1.82) is 0 Å². The molecule has 0 radical (unpaired) electrons. The fraction of sp³-hybridized carbons (Fsp3) is 0.500. The highest BCUT2D eigenvalue weighted by Crippen LogP contribution is 2.11. The molecule has 0 aliphatic carbocycles. The molecular weight excluding hydrogens is 272 g/mol. The maximum absolute atomic E-state index is 11.9. The second-order valence-corrected chi connectivity index (χ2v) is 5.12. The topological polar surface area (TPSA) is 92.9 Å². The number of aromatic amines is 1. The zero-order valence-corrected chi connectivity index (χ0v) is 12.7. The Bertz CT molecular complexity index is 689. The molecule has 0 aromatic carbocycles. The van der Waals surface area contributed by atoms with Gasteiger partial charge in [-0.25, -0.2) is 4.79 Å². The summed E-state index contributed by atoms with van der Waals surface area (Å²) in [7, 11) is 0. The number of H-pyrrole nitrogens is 1. The molecular formula is C14H20N4O3. The Morgan fingerprint density at radius 1 is 1.33 bits per heavy atom. The molecule has 2 aromatic rings. The van der Waals surface area contributed by atoms with Gasteiger partial charge in [0.1, 0.15) is 5.76 Å². The molecule has 1 amide bonds. The van der Waals surface area contributed by atoms with Crippen LogP contribution in [0.1, 0.15) is 34.8 Å². The third kappa shape index (κ3) is 3.24. The van der Waals surface area contributed by atoms with E-state index in [2.05, 4.69) is 15.5 Å². The van der Waals surface area contributed by atoms with Gasteiger partial charge in [0.05, 0.1) is 5.69 Å². The fourth-order valence-corrected chi connectivity index (χ4v) is 2.19. The highest BCUT2D eigenvalue weighted by Gasteiger charge is 2.12. The highest BCUT2D eigenvalue weighted by molar-refractivity contribution is 5.75. The summed E-state index contributed by atoms with van der Waals surface area (Å²) in [5.41, 5.74) is 3.19. The van der Waals surface area contributed by atoms with E-state index in [1.807, 2.05) is 27.7 Å². The van der Waals surface area contributed by atoms with Crippen LogP contribution in [0.4, 0.5) is 0 Å². The maximum Gasteiger partial charge on any atom is 0.325 e. The lowest BCUT2D eigenvalue weighted by molar-refractivity contribution is -0.121. The number of imidazole rings is 1. The van der Waals surface area contributed by atoms with Gasteiger partial charge in [0.15, 0.2) is 0 Å². The van der Waals surface area contributed by atoms with E-state index in [0.29, 0.717) is 18.8 Å². The third-order valence-electron chi connectivity index (χ3n) is 3.69. The van der Waals surface area contributed by atoms with Crippen LogP contribution in [0.3, 0.4) is 0 Å². The summed E-state index contributed by atoms with van der Waals surface area (Å²) in [6.07, 6.45) is 0.251. The van der Waals surface area contributed by atoms with Crippen LogP contribution in [0.5, 0.6) is 0 Å². The lowest BCUT2D eigenvalue weighted by atomic mass is 10.2. The van der Waals surface area contributed by atoms with E-state index in [1.165, 1.54) is 0 Å². The van der Waals surface area contributed by atoms with Crippen LogP contribution in [0, 0.1) is 27.7 Å². The fourth-order valence-electron chi connectivity index (χ4n) is 2.19. The molecule has 2 N–H and O–H groups in total. The van der Waals surface area contributed by atoms with E-state index < -0.39 is 0 Å². The highest BCUT2D eigenvalue weighted by atomic mass is 16.5. The number of carbonyl (C=O) groups is 1. The van der Waals surface area contributed by atoms with Gasteiger partial charge in [-0.05, 0) is 27.7 Å². The summed E-state index contributed by atoms with van der Waals surface area (Å²) in [6.45, 7) is 8.10. The molecule has 0 saturated heterocycles. The second-order valence-electron chi connectivity index (χ2n) is 5.12. The van der Waals surface area contributed by atoms with Crippen molar-refractivity contribution in [3.8, 4) is 0 Å². The molecule has 0 saturated carbocycles. The molecule has 114 valence electrons. The number of amides is 1. The average Bonchev–Trinajstić information content (AvgIpc) is 2.87. The Morgan fingerprint density at radius 3 is 2.57 bits per heavy atom. The molecule has 21 heavy (non-hydrogen) atoms. The molecule has 0 atom stereocenters. The van der Waals surface area contributed by atoms with Crippen LogP contribution < -0.4 is 11.0 Å². The van der Waals surface area contributed by atoms with Crippen molar-refractivity contribution >= 4 is 5.91 Å². The van der Waals surface area contributed by atoms with E-state index >= 15 is 0 Å². The summed E-state index contributed by atoms with van der Waals surface area (Å²) in [5, 5.41) is 6.66. The first-order valence-electron chi connectivity index (χ1n) is 6.84. The van der Waals surface area contributed by atoms with Crippen LogP contribution in [-0.4, -0.2) is 20.6 Å². The molecule has 2 heterocycles. The van der Waals surface area contributed by atoms with Crippen LogP contribution >= 0.6 is 0 Å². The van der Waals surface area contributed by atoms with Crippen LogP contribution in [-0.2, 0) is 17.9 Å². The largest absolute Gasteiger partial charge is 0.361 e. The molecule has 0 aliphatic rings. The smallest absolute Gasteiger partial charge is 0.325 e. The quantitative estimate of drug-likeness (QED) is 0.863. The van der Waals surface area contributed by atoms with Crippen molar-refractivity contribution in [3.05, 3.63) is 38.9 Å². The second kappa shape index (κ2) is 5.99. The maximum atomic E-state index is 11.9. The molecule has 2 rings (SSSR count). The molecule has 0 spiro atoms. The minimum absolute atomic E-state index is 0.111. The number of nitrogens with one attached hydrogen (secondary N) is 2. The average molecular weight is 292 g/mol. The number of carbonyl (C=O) groups excluding carboxylic acids is 1. The van der Waals surface area contributed by atoms with E-state index in [1.54, 1.807) is 4.57 Å². The molecule has 0 fully saturated rings. The first-order valence-corrected chi connectivity index (χ1v) is 6.84. The van der Waals surface area contributed by atoms with Gasteiger partial charge in [0, 0.05) is 36.5 Å².